The lowest BCUT2D eigenvalue weighted by Gasteiger charge is -2.10. The summed E-state index contributed by atoms with van der Waals surface area (Å²) in [7, 11) is 0. The van der Waals surface area contributed by atoms with E-state index in [9.17, 15) is 10.0 Å². The summed E-state index contributed by atoms with van der Waals surface area (Å²) >= 11 is 5.42. The average molecular weight is 188 g/mol. The van der Waals surface area contributed by atoms with Gasteiger partial charge in [-0.05, 0) is 12.1 Å². The molecule has 1 rings (SSSR count). The Bertz CT molecular complexity index is 316. The maximum atomic E-state index is 10.4. The number of nitrogens with zero attached hydrogens (tertiary/aromatic N) is 1. The van der Waals surface area contributed by atoms with Crippen molar-refractivity contribution in [3.63, 3.8) is 0 Å². The summed E-state index contributed by atoms with van der Waals surface area (Å²) in [5.74, 6) is -1.51. The molecule has 0 saturated carbocycles. The number of aromatic nitrogens is 1. The van der Waals surface area contributed by atoms with Crippen molar-refractivity contribution < 1.29 is 9.90 Å². The molecule has 64 valence electrons. The van der Waals surface area contributed by atoms with Crippen molar-refractivity contribution in [1.82, 2.24) is 4.98 Å². The highest BCUT2D eigenvalue weighted by atomic mass is 35.5. The van der Waals surface area contributed by atoms with Crippen LogP contribution >= 0.6 is 11.6 Å². The van der Waals surface area contributed by atoms with Crippen molar-refractivity contribution in [2.45, 2.75) is 0 Å². The van der Waals surface area contributed by atoms with E-state index in [-0.39, 0.29) is 16.5 Å². The van der Waals surface area contributed by atoms with Crippen LogP contribution in [0.25, 0.3) is 0 Å². The Morgan fingerprint density at radius 2 is 2.33 bits per heavy atom. The van der Waals surface area contributed by atoms with Gasteiger partial charge in [-0.15, -0.1) is 0 Å². The molecule has 0 unspecified atom stereocenters. The topological polar surface area (TPSA) is 85.3 Å². The highest BCUT2D eigenvalue weighted by Gasteiger charge is 2.08. The minimum absolute atomic E-state index is 0.0679. The number of carbonyl (C=O) groups is 1. The Kier molecular flexibility index (Phi) is 2.47. The van der Waals surface area contributed by atoms with E-state index in [0.29, 0.717) is 0 Å². The minimum Gasteiger partial charge on any atom is -0.760 e. The SMILES string of the molecule is O=C(O)c1ccc(Cl)nc1N[O-]. The van der Waals surface area contributed by atoms with Gasteiger partial charge >= 0.3 is 5.97 Å². The Morgan fingerprint density at radius 3 is 2.83 bits per heavy atom. The van der Waals surface area contributed by atoms with Gasteiger partial charge in [-0.1, -0.05) is 11.6 Å². The Hall–Kier alpha value is -1.33. The number of hydrogen-bond donors (Lipinski definition) is 2. The second-order valence-corrected chi connectivity index (χ2v) is 2.32. The van der Waals surface area contributed by atoms with E-state index in [1.165, 1.54) is 17.6 Å². The van der Waals surface area contributed by atoms with Gasteiger partial charge < -0.3 is 15.8 Å². The highest BCUT2D eigenvalue weighted by Crippen LogP contribution is 2.15. The third kappa shape index (κ3) is 1.63. The van der Waals surface area contributed by atoms with Gasteiger partial charge in [0.15, 0.2) is 0 Å². The van der Waals surface area contributed by atoms with Crippen LogP contribution in [-0.4, -0.2) is 16.1 Å². The molecule has 0 aliphatic carbocycles. The Balaban J connectivity index is 3.20. The summed E-state index contributed by atoms with van der Waals surface area (Å²) in [6.45, 7) is 0. The molecule has 0 aliphatic rings. The fraction of sp³-hybridized carbons (Fsp3) is 0. The van der Waals surface area contributed by atoms with E-state index in [1.54, 1.807) is 0 Å². The first-order chi connectivity index (χ1) is 5.65. The number of pyridine rings is 1. The number of aromatic carboxylic acids is 1. The molecular formula is C6H4ClN2O3-. The molecule has 0 radical (unpaired) electrons. The maximum absolute atomic E-state index is 10.4. The zero-order valence-electron chi connectivity index (χ0n) is 5.74. The molecule has 1 aromatic heterocycles. The van der Waals surface area contributed by atoms with Gasteiger partial charge in [-0.25, -0.2) is 9.78 Å². The third-order valence-electron chi connectivity index (χ3n) is 1.19. The number of anilines is 1. The summed E-state index contributed by atoms with van der Waals surface area (Å²) in [6.07, 6.45) is 0. The van der Waals surface area contributed by atoms with E-state index in [1.807, 2.05) is 0 Å². The quantitative estimate of drug-likeness (QED) is 0.539. The van der Waals surface area contributed by atoms with Crippen molar-refractivity contribution in [2.75, 3.05) is 5.48 Å². The molecule has 12 heavy (non-hydrogen) atoms. The first-order valence-corrected chi connectivity index (χ1v) is 3.31. The van der Waals surface area contributed by atoms with Gasteiger partial charge in [0.1, 0.15) is 16.5 Å². The predicted molar refractivity (Wildman–Crippen MR) is 43.2 cm³/mol. The van der Waals surface area contributed by atoms with Crippen molar-refractivity contribution in [1.29, 1.82) is 0 Å². The molecule has 6 heteroatoms. The predicted octanol–water partition coefficient (Wildman–Crippen LogP) is 1.34. The van der Waals surface area contributed by atoms with Crippen LogP contribution in [0.2, 0.25) is 5.15 Å². The van der Waals surface area contributed by atoms with Gasteiger partial charge in [0.25, 0.3) is 0 Å². The lowest BCUT2D eigenvalue weighted by Crippen LogP contribution is -2.03. The molecule has 0 atom stereocenters. The summed E-state index contributed by atoms with van der Waals surface area (Å²) in [5, 5.41) is 18.8. The van der Waals surface area contributed by atoms with Crippen LogP contribution in [0.4, 0.5) is 5.82 Å². The van der Waals surface area contributed by atoms with Gasteiger partial charge in [0.2, 0.25) is 0 Å². The number of carboxylic acids is 1. The van der Waals surface area contributed by atoms with Gasteiger partial charge in [-0.2, -0.15) is 0 Å². The summed E-state index contributed by atoms with van der Waals surface area (Å²) in [5.41, 5.74) is 1.19. The van der Waals surface area contributed by atoms with Crippen molar-refractivity contribution in [3.8, 4) is 0 Å². The largest absolute Gasteiger partial charge is 0.760 e. The number of nitrogens with one attached hydrogen (secondary N) is 1. The first-order valence-electron chi connectivity index (χ1n) is 2.93. The summed E-state index contributed by atoms with van der Waals surface area (Å²) < 4.78 is 0. The zero-order valence-corrected chi connectivity index (χ0v) is 6.50. The van der Waals surface area contributed by atoms with E-state index in [4.69, 9.17) is 16.7 Å². The smallest absolute Gasteiger partial charge is 0.339 e. The molecule has 5 nitrogen and oxygen atoms in total. The Morgan fingerprint density at radius 1 is 1.67 bits per heavy atom. The fourth-order valence-corrected chi connectivity index (χ4v) is 0.833. The number of rotatable bonds is 2. The van der Waals surface area contributed by atoms with Crippen LogP contribution < -0.4 is 5.48 Å². The van der Waals surface area contributed by atoms with E-state index in [2.05, 4.69) is 4.98 Å². The first kappa shape index (κ1) is 8.76. The number of hydrogen-bond acceptors (Lipinski definition) is 4. The standard InChI is InChI=1S/C6H4ClN2O3/c7-4-2-1-3(6(10)11)5(8-4)9-12/h1-2H,(H2-,8,9,10,11,12)/q-1. The third-order valence-corrected chi connectivity index (χ3v) is 1.40. The summed E-state index contributed by atoms with van der Waals surface area (Å²) in [6, 6.07) is 2.50. The molecule has 0 aliphatic heterocycles. The van der Waals surface area contributed by atoms with Gasteiger partial charge in [0, 0.05) is 0 Å². The molecule has 0 fully saturated rings. The van der Waals surface area contributed by atoms with Gasteiger partial charge in [0.05, 0.1) is 0 Å². The maximum Gasteiger partial charge on any atom is 0.339 e. The molecular weight excluding hydrogens is 184 g/mol. The molecule has 0 saturated heterocycles. The van der Waals surface area contributed by atoms with Crippen LogP contribution in [0.5, 0.6) is 0 Å². The molecule has 2 N–H and O–H groups in total. The van der Waals surface area contributed by atoms with Crippen molar-refractivity contribution in [3.05, 3.63) is 28.1 Å². The van der Waals surface area contributed by atoms with E-state index >= 15 is 0 Å². The number of carboxylic acid groups (broad SMARTS) is 1. The number of halogens is 1. The second kappa shape index (κ2) is 3.38. The van der Waals surface area contributed by atoms with Crippen LogP contribution in [0, 0.1) is 5.21 Å². The van der Waals surface area contributed by atoms with E-state index < -0.39 is 5.97 Å². The Labute approximate surface area is 72.6 Å². The normalized spacial score (nSPS) is 9.50. The monoisotopic (exact) mass is 187 g/mol. The lowest BCUT2D eigenvalue weighted by atomic mass is 10.2. The second-order valence-electron chi connectivity index (χ2n) is 1.94. The van der Waals surface area contributed by atoms with Crippen LogP contribution in [-0.2, 0) is 0 Å². The molecule has 0 amide bonds. The average Bonchev–Trinajstić information content (AvgIpc) is 2.03. The van der Waals surface area contributed by atoms with Crippen LogP contribution in [0.1, 0.15) is 10.4 Å². The van der Waals surface area contributed by atoms with Crippen LogP contribution in [0.15, 0.2) is 12.1 Å². The molecule has 0 spiro atoms. The lowest BCUT2D eigenvalue weighted by molar-refractivity contribution is 0.0697. The highest BCUT2D eigenvalue weighted by molar-refractivity contribution is 6.29. The zero-order chi connectivity index (χ0) is 9.14. The van der Waals surface area contributed by atoms with Crippen LogP contribution in [0.3, 0.4) is 0 Å². The minimum atomic E-state index is -1.22. The van der Waals surface area contributed by atoms with Crippen molar-refractivity contribution in [2.24, 2.45) is 0 Å². The van der Waals surface area contributed by atoms with Gasteiger partial charge in [-0.3, -0.25) is 0 Å². The summed E-state index contributed by atoms with van der Waals surface area (Å²) in [4.78, 5) is 13.9. The van der Waals surface area contributed by atoms with Crippen molar-refractivity contribution >= 4 is 23.4 Å². The molecule has 0 bridgehead atoms. The molecule has 1 aromatic rings. The molecule has 0 aromatic carbocycles. The van der Waals surface area contributed by atoms with E-state index in [0.717, 1.165) is 0 Å². The fourth-order valence-electron chi connectivity index (χ4n) is 0.686. The molecule has 1 heterocycles.